The molecule has 1 heterocycles. The van der Waals surface area contributed by atoms with Gasteiger partial charge in [-0.3, -0.25) is 4.68 Å². The maximum Gasteiger partial charge on any atom is 0.282 e. The molecule has 0 saturated carbocycles. The molecule has 0 saturated heterocycles. The topological polar surface area (TPSA) is 43.8 Å². The van der Waals surface area contributed by atoms with E-state index in [1.54, 1.807) is 20.9 Å². The number of rotatable bonds is 2. The minimum atomic E-state index is -2.57. The molecule has 1 aromatic heterocycles. The molecule has 3 nitrogen and oxygen atoms in total. The lowest BCUT2D eigenvalue weighted by atomic mass is 9.96. The molecule has 5 heteroatoms. The minimum absolute atomic E-state index is 0.227. The fraction of sp³-hybridized carbons (Fsp3) is 0.625. The van der Waals surface area contributed by atoms with E-state index >= 15 is 0 Å². The molecular weight excluding hydrogens is 176 g/mol. The van der Waals surface area contributed by atoms with Crippen molar-refractivity contribution in [2.24, 2.45) is 12.8 Å². The Bertz CT molecular complexity index is 299. The standard InChI is InChI=1S/C8H13F2N3/c1-8(2,11)5-4-13(3)12-6(5)7(9)10/h4,7H,11H2,1-3H3. The van der Waals surface area contributed by atoms with Crippen LogP contribution in [0, 0.1) is 0 Å². The highest BCUT2D eigenvalue weighted by Crippen LogP contribution is 2.27. The average molecular weight is 189 g/mol. The predicted octanol–water partition coefficient (Wildman–Crippen LogP) is 1.55. The molecule has 0 spiro atoms. The lowest BCUT2D eigenvalue weighted by Crippen LogP contribution is -2.29. The van der Waals surface area contributed by atoms with Crippen molar-refractivity contribution in [3.05, 3.63) is 17.5 Å². The van der Waals surface area contributed by atoms with E-state index in [1.807, 2.05) is 0 Å². The first-order valence-corrected chi connectivity index (χ1v) is 3.93. The zero-order valence-electron chi connectivity index (χ0n) is 7.88. The molecule has 0 aromatic carbocycles. The van der Waals surface area contributed by atoms with Crippen LogP contribution in [0.4, 0.5) is 8.78 Å². The summed E-state index contributed by atoms with van der Waals surface area (Å²) >= 11 is 0. The number of aryl methyl sites for hydroxylation is 1. The number of alkyl halides is 2. The highest BCUT2D eigenvalue weighted by molar-refractivity contribution is 5.25. The Morgan fingerprint density at radius 1 is 1.54 bits per heavy atom. The van der Waals surface area contributed by atoms with Crippen molar-refractivity contribution in [3.63, 3.8) is 0 Å². The minimum Gasteiger partial charge on any atom is -0.322 e. The molecular formula is C8H13F2N3. The Morgan fingerprint density at radius 2 is 2.08 bits per heavy atom. The Labute approximate surface area is 75.5 Å². The smallest absolute Gasteiger partial charge is 0.282 e. The monoisotopic (exact) mass is 189 g/mol. The molecule has 0 aliphatic heterocycles. The van der Waals surface area contributed by atoms with Gasteiger partial charge < -0.3 is 5.73 Å². The number of hydrogen-bond acceptors (Lipinski definition) is 2. The molecule has 0 aliphatic carbocycles. The Hall–Kier alpha value is -0.970. The van der Waals surface area contributed by atoms with Gasteiger partial charge >= 0.3 is 0 Å². The van der Waals surface area contributed by atoms with Gasteiger partial charge in [0, 0.05) is 24.3 Å². The van der Waals surface area contributed by atoms with Crippen molar-refractivity contribution in [3.8, 4) is 0 Å². The van der Waals surface area contributed by atoms with Crippen molar-refractivity contribution in [1.82, 2.24) is 9.78 Å². The maximum atomic E-state index is 12.4. The summed E-state index contributed by atoms with van der Waals surface area (Å²) in [5.74, 6) is 0. The summed E-state index contributed by atoms with van der Waals surface area (Å²) in [4.78, 5) is 0. The van der Waals surface area contributed by atoms with Gasteiger partial charge in [-0.05, 0) is 13.8 Å². The lowest BCUT2D eigenvalue weighted by Gasteiger charge is -2.17. The average Bonchev–Trinajstić information content (AvgIpc) is 2.29. The summed E-state index contributed by atoms with van der Waals surface area (Å²) in [5.41, 5.74) is 5.11. The van der Waals surface area contributed by atoms with Gasteiger partial charge in [0.2, 0.25) is 0 Å². The van der Waals surface area contributed by atoms with E-state index in [0.29, 0.717) is 5.56 Å². The van der Waals surface area contributed by atoms with Gasteiger partial charge in [-0.2, -0.15) is 5.10 Å². The molecule has 1 rings (SSSR count). The van der Waals surface area contributed by atoms with Crippen LogP contribution in [0.1, 0.15) is 31.5 Å². The van der Waals surface area contributed by atoms with Crippen LogP contribution >= 0.6 is 0 Å². The van der Waals surface area contributed by atoms with E-state index in [2.05, 4.69) is 5.10 Å². The van der Waals surface area contributed by atoms with Crippen molar-refractivity contribution < 1.29 is 8.78 Å². The van der Waals surface area contributed by atoms with E-state index < -0.39 is 12.0 Å². The van der Waals surface area contributed by atoms with Crippen LogP contribution < -0.4 is 5.73 Å². The molecule has 0 fully saturated rings. The number of nitrogens with two attached hydrogens (primary N) is 1. The Morgan fingerprint density at radius 3 is 2.38 bits per heavy atom. The molecule has 13 heavy (non-hydrogen) atoms. The molecule has 0 amide bonds. The van der Waals surface area contributed by atoms with Gasteiger partial charge in [0.15, 0.2) is 0 Å². The third-order valence-corrected chi connectivity index (χ3v) is 1.76. The summed E-state index contributed by atoms with van der Waals surface area (Å²) in [7, 11) is 1.60. The lowest BCUT2D eigenvalue weighted by molar-refractivity contribution is 0.142. The molecule has 0 unspecified atom stereocenters. The van der Waals surface area contributed by atoms with Crippen molar-refractivity contribution >= 4 is 0 Å². The second kappa shape index (κ2) is 3.06. The Balaban J connectivity index is 3.20. The number of aromatic nitrogens is 2. The maximum absolute atomic E-state index is 12.4. The van der Waals surface area contributed by atoms with Crippen LogP contribution in [0.25, 0.3) is 0 Å². The van der Waals surface area contributed by atoms with Gasteiger partial charge in [-0.1, -0.05) is 0 Å². The predicted molar refractivity (Wildman–Crippen MR) is 45.4 cm³/mol. The molecule has 2 N–H and O–H groups in total. The number of hydrogen-bond donors (Lipinski definition) is 1. The highest BCUT2D eigenvalue weighted by atomic mass is 19.3. The van der Waals surface area contributed by atoms with Gasteiger partial charge in [-0.15, -0.1) is 0 Å². The summed E-state index contributed by atoms with van der Waals surface area (Å²) in [6, 6.07) is 0. The van der Waals surface area contributed by atoms with E-state index in [9.17, 15) is 8.78 Å². The highest BCUT2D eigenvalue weighted by Gasteiger charge is 2.26. The largest absolute Gasteiger partial charge is 0.322 e. The second-order valence-electron chi connectivity index (χ2n) is 3.62. The quantitative estimate of drug-likeness (QED) is 0.767. The van der Waals surface area contributed by atoms with Crippen molar-refractivity contribution in [2.75, 3.05) is 0 Å². The molecule has 0 bridgehead atoms. The molecule has 1 aromatic rings. The van der Waals surface area contributed by atoms with Gasteiger partial charge in [0.05, 0.1) is 0 Å². The second-order valence-corrected chi connectivity index (χ2v) is 3.62. The van der Waals surface area contributed by atoms with Gasteiger partial charge in [0.25, 0.3) is 6.43 Å². The summed E-state index contributed by atoms with van der Waals surface area (Å²) < 4.78 is 26.2. The summed E-state index contributed by atoms with van der Waals surface area (Å²) in [6.07, 6.45) is -1.04. The van der Waals surface area contributed by atoms with Crippen LogP contribution in [0.3, 0.4) is 0 Å². The van der Waals surface area contributed by atoms with E-state index in [1.165, 1.54) is 10.9 Å². The van der Waals surface area contributed by atoms with Crippen LogP contribution in [0.15, 0.2) is 6.20 Å². The zero-order valence-corrected chi connectivity index (χ0v) is 7.88. The van der Waals surface area contributed by atoms with Gasteiger partial charge in [-0.25, -0.2) is 8.78 Å². The first-order valence-electron chi connectivity index (χ1n) is 3.93. The van der Waals surface area contributed by atoms with Crippen LogP contribution in [0.5, 0.6) is 0 Å². The van der Waals surface area contributed by atoms with Crippen molar-refractivity contribution in [2.45, 2.75) is 25.8 Å². The van der Waals surface area contributed by atoms with Crippen LogP contribution in [-0.2, 0) is 12.6 Å². The third kappa shape index (κ3) is 2.03. The number of nitrogens with zero attached hydrogens (tertiary/aromatic N) is 2. The third-order valence-electron chi connectivity index (χ3n) is 1.76. The zero-order chi connectivity index (χ0) is 10.2. The van der Waals surface area contributed by atoms with E-state index in [4.69, 9.17) is 5.73 Å². The summed E-state index contributed by atoms with van der Waals surface area (Å²) in [6.45, 7) is 3.35. The van der Waals surface area contributed by atoms with Crippen molar-refractivity contribution in [1.29, 1.82) is 0 Å². The fourth-order valence-electron chi connectivity index (χ4n) is 1.16. The Kier molecular flexibility index (Phi) is 2.38. The van der Waals surface area contributed by atoms with E-state index in [0.717, 1.165) is 0 Å². The van der Waals surface area contributed by atoms with E-state index in [-0.39, 0.29) is 5.69 Å². The first kappa shape index (κ1) is 10.1. The fourth-order valence-corrected chi connectivity index (χ4v) is 1.16. The normalized spacial score (nSPS) is 12.5. The number of halogens is 2. The SMILES string of the molecule is Cn1cc(C(C)(C)N)c(C(F)F)n1. The molecule has 74 valence electrons. The van der Waals surface area contributed by atoms with Crippen LogP contribution in [-0.4, -0.2) is 9.78 Å². The molecule has 0 aliphatic rings. The van der Waals surface area contributed by atoms with Crippen LogP contribution in [0.2, 0.25) is 0 Å². The summed E-state index contributed by atoms with van der Waals surface area (Å²) in [5, 5.41) is 3.66. The van der Waals surface area contributed by atoms with Gasteiger partial charge in [0.1, 0.15) is 5.69 Å². The molecule has 0 atom stereocenters. The molecule has 0 radical (unpaired) electrons. The first-order chi connectivity index (χ1) is 5.82.